The minimum atomic E-state index is 0.628. The molecular formula is C14H17N5OS. The molecule has 0 spiro atoms. The van der Waals surface area contributed by atoms with Gasteiger partial charge in [0.2, 0.25) is 0 Å². The molecule has 0 radical (unpaired) electrons. The maximum Gasteiger partial charge on any atom is 0.178 e. The summed E-state index contributed by atoms with van der Waals surface area (Å²) in [6.07, 6.45) is 2.44. The van der Waals surface area contributed by atoms with Gasteiger partial charge in [-0.15, -0.1) is 0 Å². The van der Waals surface area contributed by atoms with Gasteiger partial charge in [-0.1, -0.05) is 6.07 Å². The Bertz CT molecular complexity index is 816. The van der Waals surface area contributed by atoms with Crippen molar-refractivity contribution >= 4 is 23.3 Å². The van der Waals surface area contributed by atoms with Gasteiger partial charge in [0, 0.05) is 20.0 Å². The van der Waals surface area contributed by atoms with Crippen molar-refractivity contribution in [2.24, 2.45) is 7.05 Å². The molecular weight excluding hydrogens is 286 g/mol. The van der Waals surface area contributed by atoms with Crippen molar-refractivity contribution in [3.8, 4) is 5.75 Å². The molecule has 3 rings (SSSR count). The monoisotopic (exact) mass is 303 g/mol. The fraction of sp³-hybridized carbons (Fsp3) is 0.357. The maximum absolute atomic E-state index is 5.63. The predicted molar refractivity (Wildman–Crippen MR) is 83.0 cm³/mol. The van der Waals surface area contributed by atoms with Crippen molar-refractivity contribution in [2.75, 3.05) is 6.61 Å². The Labute approximate surface area is 127 Å². The van der Waals surface area contributed by atoms with Gasteiger partial charge in [0.25, 0.3) is 0 Å². The average Bonchev–Trinajstić information content (AvgIpc) is 3.01. The van der Waals surface area contributed by atoms with Crippen LogP contribution in [0.25, 0.3) is 11.0 Å². The van der Waals surface area contributed by atoms with Crippen LogP contribution in [-0.4, -0.2) is 30.9 Å². The van der Waals surface area contributed by atoms with Crippen molar-refractivity contribution in [1.82, 2.24) is 24.3 Å². The molecule has 0 aliphatic carbocycles. The Morgan fingerprint density at radius 3 is 2.95 bits per heavy atom. The summed E-state index contributed by atoms with van der Waals surface area (Å²) in [6.45, 7) is 3.33. The van der Waals surface area contributed by atoms with E-state index in [1.165, 1.54) is 0 Å². The number of aromatic nitrogens is 5. The van der Waals surface area contributed by atoms with E-state index < -0.39 is 0 Å². The Morgan fingerprint density at radius 1 is 1.38 bits per heavy atom. The van der Waals surface area contributed by atoms with Gasteiger partial charge in [-0.25, -0.2) is 4.98 Å². The minimum Gasteiger partial charge on any atom is -0.492 e. The number of aryl methyl sites for hydroxylation is 3. The summed E-state index contributed by atoms with van der Waals surface area (Å²) in [4.78, 5) is 7.47. The molecule has 0 aliphatic rings. The van der Waals surface area contributed by atoms with Crippen molar-refractivity contribution in [1.29, 1.82) is 0 Å². The topological polar surface area (TPSA) is 60.7 Å². The molecule has 0 saturated carbocycles. The second-order valence-electron chi connectivity index (χ2n) is 4.75. The first-order valence-electron chi connectivity index (χ1n) is 6.88. The maximum atomic E-state index is 5.63. The first kappa shape index (κ1) is 13.8. The number of nitrogens with zero attached hydrogens (tertiary/aromatic N) is 4. The van der Waals surface area contributed by atoms with E-state index in [1.54, 1.807) is 11.0 Å². The van der Waals surface area contributed by atoms with Crippen LogP contribution in [-0.2, 0) is 20.0 Å². The first-order valence-corrected chi connectivity index (χ1v) is 7.28. The van der Waals surface area contributed by atoms with Crippen molar-refractivity contribution in [3.63, 3.8) is 0 Å². The number of imidazole rings is 1. The smallest absolute Gasteiger partial charge is 0.178 e. The van der Waals surface area contributed by atoms with Crippen LogP contribution in [0.15, 0.2) is 24.5 Å². The third-order valence-electron chi connectivity index (χ3n) is 3.28. The summed E-state index contributed by atoms with van der Waals surface area (Å²) >= 11 is 5.42. The number of rotatable bonds is 5. The van der Waals surface area contributed by atoms with E-state index in [4.69, 9.17) is 17.0 Å². The molecule has 0 unspecified atom stereocenters. The lowest BCUT2D eigenvalue weighted by molar-refractivity contribution is 0.343. The fourth-order valence-electron chi connectivity index (χ4n) is 2.36. The summed E-state index contributed by atoms with van der Waals surface area (Å²) in [5, 5.41) is 4.29. The zero-order valence-electron chi connectivity index (χ0n) is 12.0. The summed E-state index contributed by atoms with van der Waals surface area (Å²) in [5.41, 5.74) is 1.99. The van der Waals surface area contributed by atoms with Crippen LogP contribution in [0.1, 0.15) is 12.7 Å². The van der Waals surface area contributed by atoms with E-state index >= 15 is 0 Å². The number of para-hydroxylation sites is 1. The molecule has 2 aromatic heterocycles. The SMILES string of the molecule is CCOc1cccc2c1[nH]c(=S)n2CCc1ncn(C)n1. The molecule has 0 aliphatic heterocycles. The molecule has 1 N–H and O–H groups in total. The first-order chi connectivity index (χ1) is 10.2. The second-order valence-corrected chi connectivity index (χ2v) is 5.14. The number of fused-ring (bicyclic) bond motifs is 1. The molecule has 6 nitrogen and oxygen atoms in total. The van der Waals surface area contributed by atoms with E-state index in [0.29, 0.717) is 11.4 Å². The Kier molecular flexibility index (Phi) is 3.74. The van der Waals surface area contributed by atoms with Crippen LogP contribution < -0.4 is 4.74 Å². The van der Waals surface area contributed by atoms with Crippen LogP contribution in [0.2, 0.25) is 0 Å². The van der Waals surface area contributed by atoms with Gasteiger partial charge < -0.3 is 14.3 Å². The molecule has 1 aromatic carbocycles. The lowest BCUT2D eigenvalue weighted by Gasteiger charge is -2.05. The number of hydrogen-bond acceptors (Lipinski definition) is 4. The summed E-state index contributed by atoms with van der Waals surface area (Å²) in [6, 6.07) is 5.96. The molecule has 110 valence electrons. The number of nitrogens with one attached hydrogen (secondary N) is 1. The summed E-state index contributed by atoms with van der Waals surface area (Å²) in [5.74, 6) is 1.64. The Morgan fingerprint density at radius 2 is 2.24 bits per heavy atom. The molecule has 0 atom stereocenters. The highest BCUT2D eigenvalue weighted by atomic mass is 32.1. The summed E-state index contributed by atoms with van der Waals surface area (Å²) in [7, 11) is 1.86. The quantitative estimate of drug-likeness (QED) is 0.736. The third kappa shape index (κ3) is 2.69. The number of benzene rings is 1. The van der Waals surface area contributed by atoms with Gasteiger partial charge >= 0.3 is 0 Å². The zero-order chi connectivity index (χ0) is 14.8. The largest absolute Gasteiger partial charge is 0.492 e. The molecule has 0 bridgehead atoms. The molecule has 3 aromatic rings. The van der Waals surface area contributed by atoms with Crippen LogP contribution in [0.3, 0.4) is 0 Å². The van der Waals surface area contributed by atoms with Crippen molar-refractivity contribution in [2.45, 2.75) is 19.9 Å². The highest BCUT2D eigenvalue weighted by Crippen LogP contribution is 2.25. The predicted octanol–water partition coefficient (Wildman–Crippen LogP) is 2.47. The number of H-pyrrole nitrogens is 1. The zero-order valence-corrected chi connectivity index (χ0v) is 12.9. The number of ether oxygens (including phenoxy) is 1. The average molecular weight is 303 g/mol. The van der Waals surface area contributed by atoms with E-state index in [2.05, 4.69) is 19.6 Å². The molecule has 0 saturated heterocycles. The highest BCUT2D eigenvalue weighted by Gasteiger charge is 2.10. The van der Waals surface area contributed by atoms with Crippen LogP contribution in [0, 0.1) is 4.77 Å². The van der Waals surface area contributed by atoms with E-state index in [-0.39, 0.29) is 0 Å². The fourth-order valence-corrected chi connectivity index (χ4v) is 2.65. The second kappa shape index (κ2) is 5.69. The van der Waals surface area contributed by atoms with Gasteiger partial charge in [0.1, 0.15) is 17.6 Å². The van der Waals surface area contributed by atoms with Crippen molar-refractivity contribution < 1.29 is 4.74 Å². The lowest BCUT2D eigenvalue weighted by atomic mass is 10.3. The van der Waals surface area contributed by atoms with Gasteiger partial charge in [0.15, 0.2) is 10.6 Å². The van der Waals surface area contributed by atoms with E-state index in [9.17, 15) is 0 Å². The number of hydrogen-bond donors (Lipinski definition) is 1. The summed E-state index contributed by atoms with van der Waals surface area (Å²) < 4.78 is 10.1. The van der Waals surface area contributed by atoms with Gasteiger partial charge in [-0.2, -0.15) is 5.10 Å². The minimum absolute atomic E-state index is 0.628. The van der Waals surface area contributed by atoms with Gasteiger partial charge in [-0.3, -0.25) is 4.68 Å². The van der Waals surface area contributed by atoms with Crippen LogP contribution >= 0.6 is 12.2 Å². The lowest BCUT2D eigenvalue weighted by Crippen LogP contribution is -2.03. The molecule has 0 amide bonds. The molecule has 0 fully saturated rings. The molecule has 7 heteroatoms. The molecule has 2 heterocycles. The van der Waals surface area contributed by atoms with E-state index in [0.717, 1.165) is 35.6 Å². The third-order valence-corrected chi connectivity index (χ3v) is 3.60. The Hall–Kier alpha value is -2.15. The van der Waals surface area contributed by atoms with E-state index in [1.807, 2.05) is 32.2 Å². The molecule has 21 heavy (non-hydrogen) atoms. The highest BCUT2D eigenvalue weighted by molar-refractivity contribution is 7.71. The van der Waals surface area contributed by atoms with Gasteiger partial charge in [-0.05, 0) is 31.3 Å². The normalized spacial score (nSPS) is 11.1. The Balaban J connectivity index is 1.93. The van der Waals surface area contributed by atoms with Gasteiger partial charge in [0.05, 0.1) is 12.1 Å². The standard InChI is InChI=1S/C14H17N5OS/c1-3-20-11-6-4-5-10-13(11)16-14(21)19(10)8-7-12-15-9-18(2)17-12/h4-6,9H,3,7-8H2,1-2H3,(H,16,21). The van der Waals surface area contributed by atoms with Crippen LogP contribution in [0.5, 0.6) is 5.75 Å². The van der Waals surface area contributed by atoms with Crippen molar-refractivity contribution in [3.05, 3.63) is 35.1 Å². The number of aromatic amines is 1. The van der Waals surface area contributed by atoms with Crippen LogP contribution in [0.4, 0.5) is 0 Å².